The summed E-state index contributed by atoms with van der Waals surface area (Å²) in [6, 6.07) is 0. The third kappa shape index (κ3) is 33.5. The summed E-state index contributed by atoms with van der Waals surface area (Å²) in [5, 5.41) is 8.89. The van der Waals surface area contributed by atoms with E-state index in [1.807, 2.05) is 0 Å². The Morgan fingerprint density at radius 3 is 1.17 bits per heavy atom. The zero-order valence-corrected chi connectivity index (χ0v) is 18.3. The summed E-state index contributed by atoms with van der Waals surface area (Å²) < 4.78 is 0. The molecule has 3 heteroatoms. The van der Waals surface area contributed by atoms with Gasteiger partial charge in [-0.15, -0.1) is 0 Å². The first-order chi connectivity index (χ1) is 11.3. The van der Waals surface area contributed by atoms with Crippen LogP contribution in [0.25, 0.3) is 0 Å². The average Bonchev–Trinajstić information content (AvgIpc) is 2.46. The zero-order valence-electron chi connectivity index (χ0n) is 17.4. The van der Waals surface area contributed by atoms with Gasteiger partial charge in [-0.25, -0.2) is 0 Å². The zero-order chi connectivity index (χ0) is 18.7. The molecule has 0 rings (SSSR count). The van der Waals surface area contributed by atoms with E-state index in [9.17, 15) is 0 Å². The number of rotatable bonds is 15. The Bertz CT molecular complexity index is 255. The molecule has 0 bridgehead atoms. The van der Waals surface area contributed by atoms with Crippen LogP contribution in [-0.2, 0) is 4.79 Å². The number of unbranched alkanes of at least 4 members (excludes halogenated alkanes) is 13. The maximum Gasteiger partial charge on any atom is 0.0586 e. The molecule has 0 aromatic carbocycles. The molecule has 0 aliphatic carbocycles. The Morgan fingerprint density at radius 2 is 0.917 bits per heavy atom. The second-order valence-corrected chi connectivity index (χ2v) is 13.1. The summed E-state index contributed by atoms with van der Waals surface area (Å²) in [4.78, 5) is 8.89. The molecule has 0 saturated heterocycles. The predicted molar refractivity (Wildman–Crippen MR) is 111 cm³/mol. The molecule has 0 saturated carbocycles. The van der Waals surface area contributed by atoms with E-state index in [-0.39, 0.29) is 0 Å². The quantitative estimate of drug-likeness (QED) is 0.260. The van der Waals surface area contributed by atoms with Gasteiger partial charge in [-0.05, 0) is 19.8 Å². The van der Waals surface area contributed by atoms with Crippen molar-refractivity contribution < 1.29 is 9.90 Å². The van der Waals surface area contributed by atoms with Crippen LogP contribution >= 0.6 is 7.26 Å². The van der Waals surface area contributed by atoms with Gasteiger partial charge in [0, 0.05) is 33.2 Å². The molecule has 0 heterocycles. The SMILES string of the molecule is CC(=O)[O-].CCCCCCCCCCCCCCCC[P+](C)(C)C. The maximum atomic E-state index is 8.89. The Hall–Kier alpha value is -0.100. The van der Waals surface area contributed by atoms with E-state index in [0.29, 0.717) is 0 Å². The number of carboxylic acid groups (broad SMARTS) is 1. The molecule has 0 atom stereocenters. The van der Waals surface area contributed by atoms with E-state index in [1.54, 1.807) is 0 Å². The average molecular weight is 361 g/mol. The highest BCUT2D eigenvalue weighted by molar-refractivity contribution is 7.73. The third-order valence-electron chi connectivity index (χ3n) is 4.18. The van der Waals surface area contributed by atoms with Gasteiger partial charge in [0.15, 0.2) is 0 Å². The lowest BCUT2D eigenvalue weighted by molar-refractivity contribution is -0.302. The van der Waals surface area contributed by atoms with Crippen molar-refractivity contribution in [3.63, 3.8) is 0 Å². The molecule has 0 unspecified atom stereocenters. The van der Waals surface area contributed by atoms with Crippen LogP contribution in [-0.4, -0.2) is 32.1 Å². The van der Waals surface area contributed by atoms with Crippen molar-refractivity contribution in [1.82, 2.24) is 0 Å². The Kier molecular flexibility index (Phi) is 20.9. The first-order valence-corrected chi connectivity index (χ1v) is 13.6. The number of hydrogen-bond acceptors (Lipinski definition) is 2. The summed E-state index contributed by atoms with van der Waals surface area (Å²) in [5.74, 6) is -1.08. The smallest absolute Gasteiger partial charge is 0.0586 e. The van der Waals surface area contributed by atoms with Crippen LogP contribution in [0, 0.1) is 0 Å². The van der Waals surface area contributed by atoms with Crippen molar-refractivity contribution in [2.75, 3.05) is 26.2 Å². The van der Waals surface area contributed by atoms with Crippen LogP contribution in [0.4, 0.5) is 0 Å². The van der Waals surface area contributed by atoms with Crippen LogP contribution in [0.5, 0.6) is 0 Å². The van der Waals surface area contributed by atoms with Crippen LogP contribution in [0.15, 0.2) is 0 Å². The van der Waals surface area contributed by atoms with Gasteiger partial charge in [0.2, 0.25) is 0 Å². The first-order valence-electron chi connectivity index (χ1n) is 10.3. The second kappa shape index (κ2) is 19.2. The second-order valence-electron chi connectivity index (χ2n) is 8.10. The molecule has 0 aliphatic rings. The van der Waals surface area contributed by atoms with Crippen molar-refractivity contribution >= 4 is 13.2 Å². The minimum atomic E-state index is -1.08. The van der Waals surface area contributed by atoms with Crippen molar-refractivity contribution in [2.45, 2.75) is 104 Å². The summed E-state index contributed by atoms with van der Waals surface area (Å²) >= 11 is 0. The molecule has 0 amide bonds. The van der Waals surface area contributed by atoms with Gasteiger partial charge < -0.3 is 9.90 Å². The highest BCUT2D eigenvalue weighted by Gasteiger charge is 2.15. The van der Waals surface area contributed by atoms with E-state index in [1.165, 1.54) is 96.1 Å². The number of carboxylic acids is 1. The lowest BCUT2D eigenvalue weighted by atomic mass is 10.0. The molecule has 0 aliphatic heterocycles. The van der Waals surface area contributed by atoms with Crippen LogP contribution < -0.4 is 5.11 Å². The minimum Gasteiger partial charge on any atom is -0.550 e. The molecule has 0 radical (unpaired) electrons. The molecule has 24 heavy (non-hydrogen) atoms. The summed E-state index contributed by atoms with van der Waals surface area (Å²) in [5.41, 5.74) is 0. The molecule has 2 nitrogen and oxygen atoms in total. The van der Waals surface area contributed by atoms with Crippen molar-refractivity contribution in [3.8, 4) is 0 Å². The predicted octanol–water partition coefficient (Wildman–Crippen LogP) is 6.13. The van der Waals surface area contributed by atoms with Gasteiger partial charge in [-0.3, -0.25) is 0 Å². The summed E-state index contributed by atoms with van der Waals surface area (Å²) in [6.07, 6.45) is 22.1. The lowest BCUT2D eigenvalue weighted by Gasteiger charge is -2.10. The summed E-state index contributed by atoms with van der Waals surface area (Å²) in [7, 11) is -0.500. The van der Waals surface area contributed by atoms with Gasteiger partial charge in [0.25, 0.3) is 0 Å². The van der Waals surface area contributed by atoms with Crippen LogP contribution in [0.3, 0.4) is 0 Å². The molecule has 0 fully saturated rings. The third-order valence-corrected chi connectivity index (χ3v) is 5.84. The van der Waals surface area contributed by atoms with E-state index in [2.05, 4.69) is 26.9 Å². The van der Waals surface area contributed by atoms with Gasteiger partial charge in [0.05, 0.1) is 6.16 Å². The van der Waals surface area contributed by atoms with Gasteiger partial charge >= 0.3 is 0 Å². The maximum absolute atomic E-state index is 8.89. The highest BCUT2D eigenvalue weighted by Crippen LogP contribution is 2.47. The lowest BCUT2D eigenvalue weighted by Crippen LogP contribution is -2.16. The Morgan fingerprint density at radius 1 is 0.667 bits per heavy atom. The highest BCUT2D eigenvalue weighted by atomic mass is 31.2. The van der Waals surface area contributed by atoms with Crippen molar-refractivity contribution in [2.24, 2.45) is 0 Å². The Balaban J connectivity index is 0. The van der Waals surface area contributed by atoms with Crippen LogP contribution in [0.1, 0.15) is 104 Å². The number of aliphatic carboxylic acids is 1. The largest absolute Gasteiger partial charge is 0.550 e. The van der Waals surface area contributed by atoms with Gasteiger partial charge in [0.1, 0.15) is 0 Å². The fourth-order valence-corrected chi connectivity index (χ4v) is 3.95. The Labute approximate surface area is 153 Å². The van der Waals surface area contributed by atoms with Crippen LogP contribution in [0.2, 0.25) is 0 Å². The van der Waals surface area contributed by atoms with E-state index < -0.39 is 13.2 Å². The number of hydrogen-bond donors (Lipinski definition) is 0. The molecule has 0 aromatic rings. The molecular formula is C21H45O2P. The summed E-state index contributed by atoms with van der Waals surface area (Å²) in [6.45, 7) is 10.7. The van der Waals surface area contributed by atoms with Crippen molar-refractivity contribution in [3.05, 3.63) is 0 Å². The minimum absolute atomic E-state index is 0.500. The first kappa shape index (κ1) is 26.1. The molecule has 0 aromatic heterocycles. The standard InChI is InChI=1S/C19H42P.C2H4O2/c1-5-6-7-8-9-10-11-12-13-14-15-16-17-18-19-20(2,3)4;1-2(3)4/h5-19H2,1-4H3;1H3,(H,3,4)/q+1;/p-1. The van der Waals surface area contributed by atoms with E-state index >= 15 is 0 Å². The van der Waals surface area contributed by atoms with E-state index in [0.717, 1.165) is 6.92 Å². The fourth-order valence-electron chi connectivity index (χ4n) is 2.78. The molecule has 0 N–H and O–H groups in total. The monoisotopic (exact) mass is 360 g/mol. The van der Waals surface area contributed by atoms with E-state index in [4.69, 9.17) is 9.90 Å². The normalized spacial score (nSPS) is 11.0. The fraction of sp³-hybridized carbons (Fsp3) is 0.952. The molecular weight excluding hydrogens is 315 g/mol. The number of carbonyl (C=O) groups is 1. The molecule has 0 spiro atoms. The molecule has 146 valence electrons. The topological polar surface area (TPSA) is 40.1 Å². The van der Waals surface area contributed by atoms with Crippen molar-refractivity contribution in [1.29, 1.82) is 0 Å². The number of carbonyl (C=O) groups excluding carboxylic acids is 1. The van der Waals surface area contributed by atoms with Gasteiger partial charge in [-0.1, -0.05) is 84.0 Å². The van der Waals surface area contributed by atoms with Gasteiger partial charge in [-0.2, -0.15) is 0 Å².